The van der Waals surface area contributed by atoms with Gasteiger partial charge in [0.1, 0.15) is 12.4 Å². The lowest BCUT2D eigenvalue weighted by molar-refractivity contribution is -0.140. The van der Waals surface area contributed by atoms with Crippen molar-refractivity contribution in [3.05, 3.63) is 17.8 Å². The lowest BCUT2D eigenvalue weighted by Gasteiger charge is -2.18. The molecule has 0 unspecified atom stereocenters. The highest BCUT2D eigenvalue weighted by atomic mass is 16.5. The van der Waals surface area contributed by atoms with Crippen LogP contribution in [0.25, 0.3) is 0 Å². The Morgan fingerprint density at radius 3 is 2.72 bits per heavy atom. The molecular weight excluding hydrogens is 236 g/mol. The van der Waals surface area contributed by atoms with Gasteiger partial charge in [0.2, 0.25) is 0 Å². The Bertz CT molecular complexity index is 462. The molecule has 1 aromatic rings. The van der Waals surface area contributed by atoms with Crippen LogP contribution in [0.5, 0.6) is 0 Å². The Morgan fingerprint density at radius 2 is 2.17 bits per heavy atom. The first kappa shape index (κ1) is 13.8. The number of rotatable bonds is 5. The highest BCUT2D eigenvalue weighted by Crippen LogP contribution is 2.16. The van der Waals surface area contributed by atoms with Crippen LogP contribution in [0.2, 0.25) is 0 Å². The van der Waals surface area contributed by atoms with E-state index in [0.717, 1.165) is 0 Å². The van der Waals surface area contributed by atoms with Gasteiger partial charge in [-0.25, -0.2) is 4.98 Å². The maximum Gasteiger partial charge on any atom is 0.302 e. The molecule has 0 fully saturated rings. The van der Waals surface area contributed by atoms with Crippen molar-refractivity contribution in [1.82, 2.24) is 4.98 Å². The summed E-state index contributed by atoms with van der Waals surface area (Å²) >= 11 is 0. The smallest absolute Gasteiger partial charge is 0.302 e. The standard InChI is InChI=1S/C11H16N4O3/c1-7(16)18-4-3-15(2)10-5-8(11(13)17)9(12)6-14-10/h5-6H,3-4,12H2,1-2H3,(H2,13,17). The summed E-state index contributed by atoms with van der Waals surface area (Å²) in [4.78, 5) is 27.5. The topological polar surface area (TPSA) is 112 Å². The summed E-state index contributed by atoms with van der Waals surface area (Å²) in [5.74, 6) is -0.416. The molecule has 98 valence electrons. The number of nitrogens with zero attached hydrogens (tertiary/aromatic N) is 2. The SMILES string of the molecule is CC(=O)OCCN(C)c1cc(C(N)=O)c(N)cn1. The molecule has 4 N–H and O–H groups in total. The maximum absolute atomic E-state index is 11.1. The van der Waals surface area contributed by atoms with E-state index >= 15 is 0 Å². The number of amides is 1. The highest BCUT2D eigenvalue weighted by molar-refractivity contribution is 5.98. The highest BCUT2D eigenvalue weighted by Gasteiger charge is 2.10. The molecule has 7 heteroatoms. The summed E-state index contributed by atoms with van der Waals surface area (Å²) in [5.41, 5.74) is 11.2. The lowest BCUT2D eigenvalue weighted by atomic mass is 10.2. The van der Waals surface area contributed by atoms with E-state index in [-0.39, 0.29) is 23.8 Å². The molecule has 18 heavy (non-hydrogen) atoms. The molecule has 1 heterocycles. The first-order valence-corrected chi connectivity index (χ1v) is 5.31. The molecule has 0 aliphatic heterocycles. The molecule has 1 aromatic heterocycles. The third kappa shape index (κ3) is 3.62. The van der Waals surface area contributed by atoms with Gasteiger partial charge in [0.05, 0.1) is 24.0 Å². The monoisotopic (exact) mass is 252 g/mol. The largest absolute Gasteiger partial charge is 0.464 e. The number of nitrogen functional groups attached to an aromatic ring is 1. The van der Waals surface area contributed by atoms with Crippen molar-refractivity contribution < 1.29 is 14.3 Å². The van der Waals surface area contributed by atoms with Crippen LogP contribution in [0, 0.1) is 0 Å². The second kappa shape index (κ2) is 5.85. The van der Waals surface area contributed by atoms with Gasteiger partial charge in [0, 0.05) is 14.0 Å². The summed E-state index contributed by atoms with van der Waals surface area (Å²) in [6.45, 7) is 2.03. The third-order valence-electron chi connectivity index (χ3n) is 2.31. The molecular formula is C11H16N4O3. The normalized spacial score (nSPS) is 9.89. The van der Waals surface area contributed by atoms with Crippen LogP contribution in [0.1, 0.15) is 17.3 Å². The molecule has 0 aliphatic carbocycles. The van der Waals surface area contributed by atoms with E-state index in [1.807, 2.05) is 0 Å². The zero-order valence-corrected chi connectivity index (χ0v) is 10.3. The maximum atomic E-state index is 11.1. The first-order valence-electron chi connectivity index (χ1n) is 5.31. The molecule has 0 aromatic carbocycles. The van der Waals surface area contributed by atoms with Crippen molar-refractivity contribution >= 4 is 23.4 Å². The van der Waals surface area contributed by atoms with E-state index in [9.17, 15) is 9.59 Å². The number of nitrogens with two attached hydrogens (primary N) is 2. The van der Waals surface area contributed by atoms with E-state index in [4.69, 9.17) is 16.2 Å². The summed E-state index contributed by atoms with van der Waals surface area (Å²) in [6.07, 6.45) is 1.37. The average Bonchev–Trinajstić information content (AvgIpc) is 2.28. The number of ether oxygens (including phenoxy) is 1. The fraction of sp³-hybridized carbons (Fsp3) is 0.364. The van der Waals surface area contributed by atoms with Crippen molar-refractivity contribution in [1.29, 1.82) is 0 Å². The Labute approximate surface area is 105 Å². The number of primary amides is 1. The Kier molecular flexibility index (Phi) is 4.47. The minimum absolute atomic E-state index is 0.222. The van der Waals surface area contributed by atoms with Gasteiger partial charge in [0.15, 0.2) is 0 Å². The minimum atomic E-state index is -0.607. The number of likely N-dealkylation sites (N-methyl/N-ethyl adjacent to an activating group) is 1. The second-order valence-corrected chi connectivity index (χ2v) is 3.76. The number of pyridine rings is 1. The van der Waals surface area contributed by atoms with Crippen molar-refractivity contribution in [2.45, 2.75) is 6.92 Å². The summed E-state index contributed by atoms with van der Waals surface area (Å²) in [7, 11) is 1.76. The summed E-state index contributed by atoms with van der Waals surface area (Å²) < 4.78 is 4.81. The van der Waals surface area contributed by atoms with Gasteiger partial charge in [-0.3, -0.25) is 9.59 Å². The number of hydrogen-bond acceptors (Lipinski definition) is 6. The fourth-order valence-corrected chi connectivity index (χ4v) is 1.32. The van der Waals surface area contributed by atoms with Crippen LogP contribution in [0.4, 0.5) is 11.5 Å². The van der Waals surface area contributed by atoms with Gasteiger partial charge in [0.25, 0.3) is 5.91 Å². The van der Waals surface area contributed by atoms with Crippen LogP contribution >= 0.6 is 0 Å². The van der Waals surface area contributed by atoms with Crippen molar-refractivity contribution in [2.24, 2.45) is 5.73 Å². The predicted octanol–water partition coefficient (Wildman–Crippen LogP) is -0.238. The van der Waals surface area contributed by atoms with Crippen LogP contribution in [0.15, 0.2) is 12.3 Å². The number of anilines is 2. The molecule has 0 radical (unpaired) electrons. The quantitative estimate of drug-likeness (QED) is 0.700. The molecule has 0 bridgehead atoms. The fourth-order valence-electron chi connectivity index (χ4n) is 1.32. The molecule has 7 nitrogen and oxygen atoms in total. The minimum Gasteiger partial charge on any atom is -0.464 e. The van der Waals surface area contributed by atoms with Gasteiger partial charge < -0.3 is 21.1 Å². The number of carbonyl (C=O) groups is 2. The summed E-state index contributed by atoms with van der Waals surface area (Å²) in [6, 6.07) is 1.51. The molecule has 0 spiro atoms. The number of hydrogen-bond donors (Lipinski definition) is 2. The lowest BCUT2D eigenvalue weighted by Crippen LogP contribution is -2.25. The van der Waals surface area contributed by atoms with E-state index in [2.05, 4.69) is 4.98 Å². The predicted molar refractivity (Wildman–Crippen MR) is 67.1 cm³/mol. The van der Waals surface area contributed by atoms with E-state index in [0.29, 0.717) is 12.4 Å². The summed E-state index contributed by atoms with van der Waals surface area (Å²) in [5, 5.41) is 0. The van der Waals surface area contributed by atoms with E-state index < -0.39 is 5.91 Å². The Hall–Kier alpha value is -2.31. The molecule has 0 aliphatic rings. The first-order chi connectivity index (χ1) is 8.41. The molecule has 1 amide bonds. The van der Waals surface area contributed by atoms with Gasteiger partial charge in [-0.15, -0.1) is 0 Å². The van der Waals surface area contributed by atoms with Gasteiger partial charge in [-0.05, 0) is 6.07 Å². The zero-order valence-electron chi connectivity index (χ0n) is 10.3. The number of aromatic nitrogens is 1. The van der Waals surface area contributed by atoms with Crippen LogP contribution in [-0.4, -0.2) is 37.1 Å². The average molecular weight is 252 g/mol. The van der Waals surface area contributed by atoms with Crippen molar-refractivity contribution in [3.63, 3.8) is 0 Å². The number of esters is 1. The van der Waals surface area contributed by atoms with Crippen LogP contribution in [0.3, 0.4) is 0 Å². The Balaban J connectivity index is 2.74. The van der Waals surface area contributed by atoms with Crippen molar-refractivity contribution in [3.8, 4) is 0 Å². The van der Waals surface area contributed by atoms with Gasteiger partial charge in [-0.2, -0.15) is 0 Å². The van der Waals surface area contributed by atoms with Gasteiger partial charge >= 0.3 is 5.97 Å². The molecule has 0 saturated heterocycles. The van der Waals surface area contributed by atoms with Gasteiger partial charge in [-0.1, -0.05) is 0 Å². The zero-order chi connectivity index (χ0) is 13.7. The van der Waals surface area contributed by atoms with Crippen molar-refractivity contribution in [2.75, 3.05) is 30.8 Å². The molecule has 0 saturated carbocycles. The third-order valence-corrected chi connectivity index (χ3v) is 2.31. The number of carbonyl (C=O) groups excluding carboxylic acids is 2. The molecule has 1 rings (SSSR count). The van der Waals surface area contributed by atoms with Crippen LogP contribution < -0.4 is 16.4 Å². The second-order valence-electron chi connectivity index (χ2n) is 3.76. The van der Waals surface area contributed by atoms with E-state index in [1.165, 1.54) is 19.2 Å². The van der Waals surface area contributed by atoms with E-state index in [1.54, 1.807) is 11.9 Å². The van der Waals surface area contributed by atoms with Crippen LogP contribution in [-0.2, 0) is 9.53 Å². The Morgan fingerprint density at radius 1 is 1.50 bits per heavy atom. The molecule has 0 atom stereocenters.